The molecule has 0 radical (unpaired) electrons. The fourth-order valence-electron chi connectivity index (χ4n) is 2.34. The van der Waals surface area contributed by atoms with Crippen molar-refractivity contribution in [3.8, 4) is 0 Å². The normalized spacial score (nSPS) is 10.8. The van der Waals surface area contributed by atoms with Crippen LogP contribution in [-0.2, 0) is 6.42 Å². The first-order valence-corrected chi connectivity index (χ1v) is 6.91. The van der Waals surface area contributed by atoms with E-state index in [-0.39, 0.29) is 5.78 Å². The standard InChI is InChI=1S/C17H15N3O/c1-3-15-14(9-11(2)19-20-15)17(21)13-6-7-16-12(10-13)5-4-8-18-16/h4-10H,3H2,1-2H3. The van der Waals surface area contributed by atoms with Crippen molar-refractivity contribution < 1.29 is 4.79 Å². The first-order valence-electron chi connectivity index (χ1n) is 6.91. The third-order valence-corrected chi connectivity index (χ3v) is 3.44. The number of rotatable bonds is 3. The molecule has 2 heterocycles. The number of ketones is 1. The third-order valence-electron chi connectivity index (χ3n) is 3.44. The lowest BCUT2D eigenvalue weighted by atomic mass is 9.99. The molecule has 4 heteroatoms. The maximum atomic E-state index is 12.7. The van der Waals surface area contributed by atoms with Crippen LogP contribution in [0, 0.1) is 6.92 Å². The second kappa shape index (κ2) is 5.40. The Morgan fingerprint density at radius 1 is 1.14 bits per heavy atom. The van der Waals surface area contributed by atoms with Crippen LogP contribution in [0.1, 0.15) is 34.2 Å². The zero-order valence-electron chi connectivity index (χ0n) is 12.0. The number of carbonyl (C=O) groups excluding carboxylic acids is 1. The molecule has 1 aromatic carbocycles. The van der Waals surface area contributed by atoms with Gasteiger partial charge in [-0.2, -0.15) is 10.2 Å². The molecule has 0 saturated heterocycles. The maximum absolute atomic E-state index is 12.7. The van der Waals surface area contributed by atoms with Crippen LogP contribution in [-0.4, -0.2) is 21.0 Å². The third kappa shape index (κ3) is 2.52. The van der Waals surface area contributed by atoms with Crippen LogP contribution in [0.3, 0.4) is 0 Å². The van der Waals surface area contributed by atoms with E-state index in [1.165, 1.54) is 0 Å². The van der Waals surface area contributed by atoms with Crippen LogP contribution < -0.4 is 0 Å². The highest BCUT2D eigenvalue weighted by Gasteiger charge is 2.15. The lowest BCUT2D eigenvalue weighted by Gasteiger charge is -2.07. The largest absolute Gasteiger partial charge is 0.289 e. The molecular weight excluding hydrogens is 262 g/mol. The van der Waals surface area contributed by atoms with E-state index in [9.17, 15) is 4.79 Å². The molecule has 3 aromatic rings. The number of hydrogen-bond donors (Lipinski definition) is 0. The van der Waals surface area contributed by atoms with Crippen molar-refractivity contribution in [1.82, 2.24) is 15.2 Å². The van der Waals surface area contributed by atoms with Gasteiger partial charge >= 0.3 is 0 Å². The minimum Gasteiger partial charge on any atom is -0.289 e. The van der Waals surface area contributed by atoms with Gasteiger partial charge in [-0.15, -0.1) is 0 Å². The molecule has 0 N–H and O–H groups in total. The van der Waals surface area contributed by atoms with Gasteiger partial charge in [0.2, 0.25) is 0 Å². The van der Waals surface area contributed by atoms with Gasteiger partial charge < -0.3 is 0 Å². The quantitative estimate of drug-likeness (QED) is 0.690. The van der Waals surface area contributed by atoms with Crippen LogP contribution in [0.2, 0.25) is 0 Å². The maximum Gasteiger partial charge on any atom is 0.195 e. The average molecular weight is 277 g/mol. The molecule has 0 unspecified atom stereocenters. The number of aryl methyl sites for hydroxylation is 2. The first kappa shape index (κ1) is 13.4. The van der Waals surface area contributed by atoms with Crippen LogP contribution >= 0.6 is 0 Å². The van der Waals surface area contributed by atoms with Crippen molar-refractivity contribution >= 4 is 16.7 Å². The minimum atomic E-state index is -0.0180. The van der Waals surface area contributed by atoms with Gasteiger partial charge in [-0.3, -0.25) is 9.78 Å². The summed E-state index contributed by atoms with van der Waals surface area (Å²) in [5.74, 6) is -0.0180. The highest BCUT2D eigenvalue weighted by Crippen LogP contribution is 2.18. The van der Waals surface area contributed by atoms with Gasteiger partial charge in [0.1, 0.15) is 0 Å². The Balaban J connectivity index is 2.10. The van der Waals surface area contributed by atoms with E-state index in [1.807, 2.05) is 50.2 Å². The summed E-state index contributed by atoms with van der Waals surface area (Å²) in [5.41, 5.74) is 3.65. The predicted octanol–water partition coefficient (Wildman–Crippen LogP) is 3.13. The molecule has 0 aliphatic carbocycles. The van der Waals surface area contributed by atoms with E-state index in [0.29, 0.717) is 17.5 Å². The molecule has 0 saturated carbocycles. The van der Waals surface area contributed by atoms with Gasteiger partial charge in [-0.05, 0) is 43.7 Å². The zero-order valence-corrected chi connectivity index (χ0v) is 12.0. The van der Waals surface area contributed by atoms with Crippen molar-refractivity contribution in [2.45, 2.75) is 20.3 Å². The number of benzene rings is 1. The Bertz CT molecular complexity index is 827. The predicted molar refractivity (Wildman–Crippen MR) is 81.3 cm³/mol. The molecule has 0 aliphatic heterocycles. The van der Waals surface area contributed by atoms with Crippen LogP contribution in [0.25, 0.3) is 10.9 Å². The van der Waals surface area contributed by atoms with Gasteiger partial charge in [-0.25, -0.2) is 0 Å². The lowest BCUT2D eigenvalue weighted by Crippen LogP contribution is -2.09. The van der Waals surface area contributed by atoms with Crippen molar-refractivity contribution in [2.24, 2.45) is 0 Å². The molecular formula is C17H15N3O. The second-order valence-electron chi connectivity index (χ2n) is 4.94. The Hall–Kier alpha value is -2.62. The summed E-state index contributed by atoms with van der Waals surface area (Å²) in [6.07, 6.45) is 2.43. The Labute approximate surface area is 122 Å². The van der Waals surface area contributed by atoms with E-state index in [4.69, 9.17) is 0 Å². The van der Waals surface area contributed by atoms with E-state index >= 15 is 0 Å². The molecule has 0 amide bonds. The smallest absolute Gasteiger partial charge is 0.195 e. The highest BCUT2D eigenvalue weighted by molar-refractivity contribution is 6.11. The van der Waals surface area contributed by atoms with E-state index < -0.39 is 0 Å². The Morgan fingerprint density at radius 2 is 2.00 bits per heavy atom. The van der Waals surface area contributed by atoms with Gasteiger partial charge in [0.05, 0.1) is 16.9 Å². The average Bonchev–Trinajstić information content (AvgIpc) is 2.53. The summed E-state index contributed by atoms with van der Waals surface area (Å²) >= 11 is 0. The highest BCUT2D eigenvalue weighted by atomic mass is 16.1. The molecule has 2 aromatic heterocycles. The summed E-state index contributed by atoms with van der Waals surface area (Å²) in [6, 6.07) is 11.2. The Morgan fingerprint density at radius 3 is 2.81 bits per heavy atom. The second-order valence-corrected chi connectivity index (χ2v) is 4.94. The fraction of sp³-hybridized carbons (Fsp3) is 0.176. The van der Waals surface area contributed by atoms with Gasteiger partial charge in [0.25, 0.3) is 0 Å². The lowest BCUT2D eigenvalue weighted by molar-refractivity contribution is 0.103. The van der Waals surface area contributed by atoms with Crippen molar-refractivity contribution in [1.29, 1.82) is 0 Å². The van der Waals surface area contributed by atoms with Gasteiger partial charge in [-0.1, -0.05) is 13.0 Å². The monoisotopic (exact) mass is 277 g/mol. The summed E-state index contributed by atoms with van der Waals surface area (Å²) in [7, 11) is 0. The van der Waals surface area contributed by atoms with E-state index in [1.54, 1.807) is 6.20 Å². The molecule has 0 spiro atoms. The Kier molecular flexibility index (Phi) is 3.44. The molecule has 21 heavy (non-hydrogen) atoms. The number of aromatic nitrogens is 3. The van der Waals surface area contributed by atoms with Crippen LogP contribution in [0.5, 0.6) is 0 Å². The summed E-state index contributed by atoms with van der Waals surface area (Å²) in [4.78, 5) is 17.0. The zero-order chi connectivity index (χ0) is 14.8. The van der Waals surface area contributed by atoms with Gasteiger partial charge in [0, 0.05) is 22.7 Å². The van der Waals surface area contributed by atoms with Crippen molar-refractivity contribution in [3.63, 3.8) is 0 Å². The molecule has 0 bridgehead atoms. The molecule has 3 rings (SSSR count). The van der Waals surface area contributed by atoms with Crippen molar-refractivity contribution in [2.75, 3.05) is 0 Å². The molecule has 4 nitrogen and oxygen atoms in total. The molecule has 104 valence electrons. The fourth-order valence-corrected chi connectivity index (χ4v) is 2.34. The topological polar surface area (TPSA) is 55.7 Å². The number of nitrogens with zero attached hydrogens (tertiary/aromatic N) is 3. The summed E-state index contributed by atoms with van der Waals surface area (Å²) in [6.45, 7) is 3.81. The SMILES string of the molecule is CCc1nnc(C)cc1C(=O)c1ccc2ncccc2c1. The minimum absolute atomic E-state index is 0.0180. The number of carbonyl (C=O) groups is 1. The molecule has 0 aliphatic rings. The molecule has 0 fully saturated rings. The van der Waals surface area contributed by atoms with Crippen molar-refractivity contribution in [3.05, 3.63) is 65.1 Å². The number of fused-ring (bicyclic) bond motifs is 1. The van der Waals surface area contributed by atoms with Crippen LogP contribution in [0.4, 0.5) is 0 Å². The number of hydrogen-bond acceptors (Lipinski definition) is 4. The number of pyridine rings is 1. The summed E-state index contributed by atoms with van der Waals surface area (Å²) < 4.78 is 0. The summed E-state index contributed by atoms with van der Waals surface area (Å²) in [5, 5.41) is 9.11. The molecule has 0 atom stereocenters. The van der Waals surface area contributed by atoms with E-state index in [2.05, 4.69) is 15.2 Å². The first-order chi connectivity index (χ1) is 10.2. The van der Waals surface area contributed by atoms with Crippen LogP contribution in [0.15, 0.2) is 42.6 Å². The van der Waals surface area contributed by atoms with E-state index in [0.717, 1.165) is 22.3 Å². The van der Waals surface area contributed by atoms with Gasteiger partial charge in [0.15, 0.2) is 5.78 Å².